The van der Waals surface area contributed by atoms with Gasteiger partial charge in [0.05, 0.1) is 21.8 Å². The first-order valence-corrected chi connectivity index (χ1v) is 13.2. The number of rotatable bonds is 6. The van der Waals surface area contributed by atoms with Crippen LogP contribution in [0.5, 0.6) is 0 Å². The van der Waals surface area contributed by atoms with E-state index in [4.69, 9.17) is 9.90 Å². The van der Waals surface area contributed by atoms with Crippen molar-refractivity contribution in [2.75, 3.05) is 40.7 Å². The normalized spacial score (nSPS) is 13.7. The number of aliphatic carboxylic acids is 1. The summed E-state index contributed by atoms with van der Waals surface area (Å²) in [6.45, 7) is 4.27. The first-order valence-electron chi connectivity index (χ1n) is 11.7. The summed E-state index contributed by atoms with van der Waals surface area (Å²) < 4.78 is 73.6. The zero-order valence-corrected chi connectivity index (χ0v) is 21.8. The Labute approximate surface area is 227 Å². The maximum atomic E-state index is 13.2. The summed E-state index contributed by atoms with van der Waals surface area (Å²) in [5, 5.41) is 16.5. The number of carboxylic acid groups (broad SMARTS) is 2. The van der Waals surface area contributed by atoms with Gasteiger partial charge in [0.2, 0.25) is 0 Å². The van der Waals surface area contributed by atoms with Crippen molar-refractivity contribution in [2.45, 2.75) is 18.0 Å². The topological polar surface area (TPSA) is 127 Å². The number of halogens is 4. The Balaban J connectivity index is 0.000000559. The van der Waals surface area contributed by atoms with Crippen molar-refractivity contribution in [1.82, 2.24) is 0 Å². The molecule has 0 radical (unpaired) electrons. The number of hydrogen-bond donors (Lipinski definition) is 3. The summed E-state index contributed by atoms with van der Waals surface area (Å²) in [5.74, 6) is -4.19. The molecule has 1 fully saturated rings. The molecule has 9 nitrogen and oxygen atoms in total. The molecule has 1 saturated heterocycles. The van der Waals surface area contributed by atoms with E-state index in [1.807, 2.05) is 4.90 Å². The number of alkyl halides is 3. The minimum atomic E-state index is -5.08. The van der Waals surface area contributed by atoms with Crippen molar-refractivity contribution in [2.24, 2.45) is 0 Å². The molecule has 14 heteroatoms. The molecule has 0 saturated carbocycles. The van der Waals surface area contributed by atoms with Crippen molar-refractivity contribution in [1.29, 1.82) is 0 Å². The molecule has 40 heavy (non-hydrogen) atoms. The van der Waals surface area contributed by atoms with Gasteiger partial charge in [-0.3, -0.25) is 4.72 Å². The number of carboxylic acids is 2. The summed E-state index contributed by atoms with van der Waals surface area (Å²) in [5.41, 5.74) is 2.53. The molecule has 0 aromatic heterocycles. The molecule has 0 bridgehead atoms. The van der Waals surface area contributed by atoms with Crippen LogP contribution in [0.25, 0.3) is 0 Å². The second-order valence-corrected chi connectivity index (χ2v) is 10.4. The third kappa shape index (κ3) is 7.85. The van der Waals surface area contributed by atoms with Gasteiger partial charge in [0, 0.05) is 31.9 Å². The highest BCUT2D eigenvalue weighted by Crippen LogP contribution is 2.31. The van der Waals surface area contributed by atoms with Crippen molar-refractivity contribution in [3.63, 3.8) is 0 Å². The Bertz CT molecular complexity index is 1470. The van der Waals surface area contributed by atoms with Crippen LogP contribution in [0.2, 0.25) is 0 Å². The number of nitrogens with zero attached hydrogens (tertiary/aromatic N) is 2. The van der Waals surface area contributed by atoms with Gasteiger partial charge in [0.1, 0.15) is 5.82 Å². The SMILES string of the molecule is Cc1cccc(S(=O)(=O)Nc2cc(C(=O)O)ccc2N2CCN(c3ccc(F)cc3)CC2)c1.O=C(O)C(F)(F)F. The summed E-state index contributed by atoms with van der Waals surface area (Å²) in [6.07, 6.45) is -5.08. The summed E-state index contributed by atoms with van der Waals surface area (Å²) >= 11 is 0. The number of anilines is 3. The van der Waals surface area contributed by atoms with Crippen LogP contribution in [0.15, 0.2) is 71.6 Å². The molecule has 0 spiro atoms. The fraction of sp³-hybridized carbons (Fsp3) is 0.231. The quantitative estimate of drug-likeness (QED) is 0.360. The van der Waals surface area contributed by atoms with E-state index < -0.39 is 28.1 Å². The molecule has 0 amide bonds. The number of aromatic carboxylic acids is 1. The lowest BCUT2D eigenvalue weighted by atomic mass is 10.1. The Kier molecular flexibility index (Phi) is 9.24. The fourth-order valence-electron chi connectivity index (χ4n) is 3.87. The first-order chi connectivity index (χ1) is 18.7. The number of sulfonamides is 1. The Morgan fingerprint density at radius 2 is 1.45 bits per heavy atom. The molecule has 1 aliphatic heterocycles. The maximum absolute atomic E-state index is 13.2. The van der Waals surface area contributed by atoms with Crippen LogP contribution in [0.4, 0.5) is 34.6 Å². The van der Waals surface area contributed by atoms with Crippen molar-refractivity contribution in [3.05, 3.63) is 83.7 Å². The lowest BCUT2D eigenvalue weighted by molar-refractivity contribution is -0.192. The maximum Gasteiger partial charge on any atom is 0.490 e. The number of nitrogens with one attached hydrogen (secondary N) is 1. The lowest BCUT2D eigenvalue weighted by Crippen LogP contribution is -2.46. The second kappa shape index (κ2) is 12.2. The summed E-state index contributed by atoms with van der Waals surface area (Å²) in [7, 11) is -3.91. The number of aryl methyl sites for hydroxylation is 1. The molecular formula is C26H25F4N3O6S. The molecule has 1 heterocycles. The van der Waals surface area contributed by atoms with Crippen LogP contribution in [0, 0.1) is 12.7 Å². The van der Waals surface area contributed by atoms with Gasteiger partial charge in [-0.05, 0) is 67.1 Å². The Hall–Kier alpha value is -4.33. The smallest absolute Gasteiger partial charge is 0.478 e. The van der Waals surface area contributed by atoms with Crippen LogP contribution in [0.3, 0.4) is 0 Å². The van der Waals surface area contributed by atoms with E-state index >= 15 is 0 Å². The molecule has 4 rings (SSSR count). The number of hydrogen-bond acceptors (Lipinski definition) is 6. The van der Waals surface area contributed by atoms with E-state index in [-0.39, 0.29) is 22.0 Å². The zero-order chi connectivity index (χ0) is 29.7. The fourth-order valence-corrected chi connectivity index (χ4v) is 5.04. The molecule has 1 aliphatic rings. The second-order valence-electron chi connectivity index (χ2n) is 8.71. The van der Waals surface area contributed by atoms with Crippen LogP contribution in [-0.4, -0.2) is 62.9 Å². The van der Waals surface area contributed by atoms with E-state index in [0.29, 0.717) is 31.9 Å². The first kappa shape index (κ1) is 30.2. The van der Waals surface area contributed by atoms with Gasteiger partial charge >= 0.3 is 18.1 Å². The Morgan fingerprint density at radius 1 is 0.875 bits per heavy atom. The van der Waals surface area contributed by atoms with E-state index in [1.165, 1.54) is 30.3 Å². The molecule has 3 N–H and O–H groups in total. The average Bonchev–Trinajstić information content (AvgIpc) is 2.89. The third-order valence-electron chi connectivity index (χ3n) is 5.84. The van der Waals surface area contributed by atoms with E-state index in [9.17, 15) is 35.9 Å². The lowest BCUT2D eigenvalue weighted by Gasteiger charge is -2.38. The predicted octanol–water partition coefficient (Wildman–Crippen LogP) is 4.59. The highest BCUT2D eigenvalue weighted by Gasteiger charge is 2.38. The Morgan fingerprint density at radius 3 is 1.98 bits per heavy atom. The van der Waals surface area contributed by atoms with Crippen LogP contribution in [-0.2, 0) is 14.8 Å². The van der Waals surface area contributed by atoms with Gasteiger partial charge < -0.3 is 20.0 Å². The monoisotopic (exact) mass is 583 g/mol. The highest BCUT2D eigenvalue weighted by atomic mass is 32.2. The van der Waals surface area contributed by atoms with E-state index in [1.54, 1.807) is 43.3 Å². The van der Waals surface area contributed by atoms with E-state index in [2.05, 4.69) is 9.62 Å². The van der Waals surface area contributed by atoms with Crippen LogP contribution < -0.4 is 14.5 Å². The molecule has 0 unspecified atom stereocenters. The standard InChI is InChI=1S/C24H24FN3O4S.C2HF3O2/c1-17-3-2-4-21(15-17)33(31,32)26-22-16-18(24(29)30)5-10-23(22)28-13-11-27(12-14-28)20-8-6-19(25)7-9-20;3-2(4,5)1(6)7/h2-10,15-16,26H,11-14H2,1H3,(H,29,30);(H,6,7). The van der Waals surface area contributed by atoms with Crippen molar-refractivity contribution >= 4 is 39.0 Å². The van der Waals surface area contributed by atoms with Crippen molar-refractivity contribution in [3.8, 4) is 0 Å². The van der Waals surface area contributed by atoms with E-state index in [0.717, 1.165) is 11.3 Å². The summed E-state index contributed by atoms with van der Waals surface area (Å²) in [4.78, 5) is 24.7. The largest absolute Gasteiger partial charge is 0.490 e. The zero-order valence-electron chi connectivity index (χ0n) is 21.0. The van der Waals surface area contributed by atoms with Gasteiger partial charge in [0.25, 0.3) is 10.0 Å². The third-order valence-corrected chi connectivity index (χ3v) is 7.21. The molecule has 3 aromatic carbocycles. The number of piperazine rings is 1. The molecule has 0 aliphatic carbocycles. The number of carbonyl (C=O) groups is 2. The minimum absolute atomic E-state index is 0.00867. The highest BCUT2D eigenvalue weighted by molar-refractivity contribution is 7.92. The number of benzene rings is 3. The molecule has 3 aromatic rings. The van der Waals surface area contributed by atoms with Crippen LogP contribution in [0.1, 0.15) is 15.9 Å². The molecule has 214 valence electrons. The van der Waals surface area contributed by atoms with Gasteiger partial charge in [0.15, 0.2) is 0 Å². The average molecular weight is 584 g/mol. The molecular weight excluding hydrogens is 558 g/mol. The molecule has 0 atom stereocenters. The summed E-state index contributed by atoms with van der Waals surface area (Å²) in [6, 6.07) is 17.3. The van der Waals surface area contributed by atoms with Crippen LogP contribution >= 0.6 is 0 Å². The van der Waals surface area contributed by atoms with Gasteiger partial charge in [-0.15, -0.1) is 0 Å². The van der Waals surface area contributed by atoms with Gasteiger partial charge in [-0.2, -0.15) is 13.2 Å². The van der Waals surface area contributed by atoms with Crippen molar-refractivity contribution < 1.29 is 45.8 Å². The predicted molar refractivity (Wildman–Crippen MR) is 140 cm³/mol. The minimum Gasteiger partial charge on any atom is -0.478 e. The van der Waals surface area contributed by atoms with Gasteiger partial charge in [-0.1, -0.05) is 12.1 Å². The van der Waals surface area contributed by atoms with Gasteiger partial charge in [-0.25, -0.2) is 22.4 Å².